The van der Waals surface area contributed by atoms with Gasteiger partial charge in [0.1, 0.15) is 18.8 Å². The molecule has 0 unspecified atom stereocenters. The third-order valence-corrected chi connectivity index (χ3v) is 6.72. The number of imide groups is 1. The third kappa shape index (κ3) is 3.75. The van der Waals surface area contributed by atoms with Gasteiger partial charge in [0.15, 0.2) is 17.3 Å². The Bertz CT molecular complexity index is 1360. The SMILES string of the molecule is Cc1ccc(-n2c(C)cc(C(=O)CN3C(=O)N[C@@](C)(c4ccc5c(c4)OCCO5)C3=O)c2C)cc1. The van der Waals surface area contributed by atoms with Gasteiger partial charge in [-0.25, -0.2) is 4.79 Å². The summed E-state index contributed by atoms with van der Waals surface area (Å²) in [7, 11) is 0. The predicted molar refractivity (Wildman–Crippen MR) is 129 cm³/mol. The van der Waals surface area contributed by atoms with E-state index in [0.717, 1.165) is 27.5 Å². The summed E-state index contributed by atoms with van der Waals surface area (Å²) in [5.41, 5.74) is 3.49. The van der Waals surface area contributed by atoms with E-state index in [4.69, 9.17) is 9.47 Å². The molecule has 1 saturated heterocycles. The maximum atomic E-state index is 13.4. The summed E-state index contributed by atoms with van der Waals surface area (Å²) in [4.78, 5) is 40.5. The number of aryl methyl sites for hydroxylation is 2. The molecule has 2 aliphatic rings. The Kier molecular flexibility index (Phi) is 5.39. The molecule has 1 aromatic heterocycles. The number of carbonyl (C=O) groups is 3. The van der Waals surface area contributed by atoms with Gasteiger partial charge in [0.05, 0.1) is 6.54 Å². The molecular weight excluding hydrogens is 446 g/mol. The van der Waals surface area contributed by atoms with Gasteiger partial charge in [0, 0.05) is 22.6 Å². The normalized spacial score (nSPS) is 19.1. The van der Waals surface area contributed by atoms with Gasteiger partial charge in [-0.15, -0.1) is 0 Å². The van der Waals surface area contributed by atoms with Crippen molar-refractivity contribution in [3.63, 3.8) is 0 Å². The molecule has 3 amide bonds. The predicted octanol–water partition coefficient (Wildman–Crippen LogP) is 3.82. The number of ketones is 1. The van der Waals surface area contributed by atoms with Crippen LogP contribution in [0.15, 0.2) is 48.5 Å². The fourth-order valence-electron chi connectivity index (χ4n) is 4.76. The lowest BCUT2D eigenvalue weighted by atomic mass is 9.91. The van der Waals surface area contributed by atoms with E-state index in [1.54, 1.807) is 31.2 Å². The number of rotatable bonds is 5. The molecule has 0 radical (unpaired) electrons. The summed E-state index contributed by atoms with van der Waals surface area (Å²) < 4.78 is 13.2. The van der Waals surface area contributed by atoms with Crippen molar-refractivity contribution in [3.8, 4) is 17.2 Å². The minimum absolute atomic E-state index is 0.300. The summed E-state index contributed by atoms with van der Waals surface area (Å²) in [6.45, 7) is 7.97. The van der Waals surface area contributed by atoms with Crippen LogP contribution in [-0.4, -0.2) is 46.9 Å². The maximum absolute atomic E-state index is 13.4. The van der Waals surface area contributed by atoms with Crippen molar-refractivity contribution < 1.29 is 23.9 Å². The molecule has 3 heterocycles. The van der Waals surface area contributed by atoms with Crippen molar-refractivity contribution in [2.75, 3.05) is 19.8 Å². The van der Waals surface area contributed by atoms with Gasteiger partial charge in [0.2, 0.25) is 0 Å². The quantitative estimate of drug-likeness (QED) is 0.449. The van der Waals surface area contributed by atoms with Gasteiger partial charge >= 0.3 is 6.03 Å². The maximum Gasteiger partial charge on any atom is 0.325 e. The lowest BCUT2D eigenvalue weighted by molar-refractivity contribution is -0.130. The molecule has 5 rings (SSSR count). The number of benzene rings is 2. The molecule has 8 heteroatoms. The topological polar surface area (TPSA) is 89.9 Å². The number of nitrogens with one attached hydrogen (secondary N) is 1. The lowest BCUT2D eigenvalue weighted by Gasteiger charge is -2.25. The molecular formula is C27H27N3O5. The van der Waals surface area contributed by atoms with Crippen LogP contribution in [0.4, 0.5) is 4.79 Å². The van der Waals surface area contributed by atoms with Crippen molar-refractivity contribution in [1.82, 2.24) is 14.8 Å². The van der Waals surface area contributed by atoms with Crippen LogP contribution in [0, 0.1) is 20.8 Å². The minimum atomic E-state index is -1.31. The van der Waals surface area contributed by atoms with E-state index in [1.165, 1.54) is 0 Å². The number of Topliss-reactive ketones (excluding diaryl/α,β-unsaturated/α-hetero) is 1. The molecule has 1 N–H and O–H groups in total. The molecule has 0 spiro atoms. The molecule has 1 atom stereocenters. The average molecular weight is 474 g/mol. The number of aromatic nitrogens is 1. The zero-order chi connectivity index (χ0) is 24.9. The van der Waals surface area contributed by atoms with Crippen LogP contribution < -0.4 is 14.8 Å². The molecule has 2 aliphatic heterocycles. The zero-order valence-electron chi connectivity index (χ0n) is 20.2. The van der Waals surface area contributed by atoms with Crippen LogP contribution in [0.3, 0.4) is 0 Å². The van der Waals surface area contributed by atoms with Gasteiger partial charge in [-0.3, -0.25) is 14.5 Å². The van der Waals surface area contributed by atoms with E-state index in [1.807, 2.05) is 49.6 Å². The summed E-state index contributed by atoms with van der Waals surface area (Å²) in [5, 5.41) is 2.76. The van der Waals surface area contributed by atoms with E-state index in [2.05, 4.69) is 5.32 Å². The van der Waals surface area contributed by atoms with Gasteiger partial charge in [0.25, 0.3) is 5.91 Å². The number of fused-ring (bicyclic) bond motifs is 1. The van der Waals surface area contributed by atoms with E-state index < -0.39 is 17.5 Å². The number of urea groups is 1. The fraction of sp³-hybridized carbons (Fsp3) is 0.296. The Morgan fingerprint density at radius 1 is 0.971 bits per heavy atom. The Balaban J connectivity index is 1.40. The Hall–Kier alpha value is -4.07. The number of carbonyl (C=O) groups excluding carboxylic acids is 3. The first-order chi connectivity index (χ1) is 16.7. The number of hydrogen-bond donors (Lipinski definition) is 1. The second kappa shape index (κ2) is 8.30. The second-order valence-corrected chi connectivity index (χ2v) is 9.18. The van der Waals surface area contributed by atoms with Gasteiger partial charge in [-0.2, -0.15) is 0 Å². The van der Waals surface area contributed by atoms with Crippen molar-refractivity contribution >= 4 is 17.7 Å². The monoisotopic (exact) mass is 473 g/mol. The Morgan fingerprint density at radius 2 is 1.66 bits per heavy atom. The highest BCUT2D eigenvalue weighted by Crippen LogP contribution is 2.37. The van der Waals surface area contributed by atoms with Crippen LogP contribution in [0.5, 0.6) is 11.5 Å². The fourth-order valence-corrected chi connectivity index (χ4v) is 4.76. The van der Waals surface area contributed by atoms with Gasteiger partial charge < -0.3 is 19.4 Å². The lowest BCUT2D eigenvalue weighted by Crippen LogP contribution is -2.41. The number of amides is 3. The molecule has 35 heavy (non-hydrogen) atoms. The highest BCUT2D eigenvalue weighted by molar-refractivity contribution is 6.11. The molecule has 8 nitrogen and oxygen atoms in total. The van der Waals surface area contributed by atoms with E-state index in [9.17, 15) is 14.4 Å². The highest BCUT2D eigenvalue weighted by Gasteiger charge is 2.50. The molecule has 0 bridgehead atoms. The first kappa shape index (κ1) is 22.7. The summed E-state index contributed by atoms with van der Waals surface area (Å²) >= 11 is 0. The summed E-state index contributed by atoms with van der Waals surface area (Å²) in [6, 6.07) is 14.4. The summed E-state index contributed by atoms with van der Waals surface area (Å²) in [5.74, 6) is 0.331. The summed E-state index contributed by atoms with van der Waals surface area (Å²) in [6.07, 6.45) is 0. The Labute approximate surface area is 203 Å². The first-order valence-corrected chi connectivity index (χ1v) is 11.5. The number of ether oxygens (including phenoxy) is 2. The van der Waals surface area contributed by atoms with Gasteiger partial charge in [-0.05, 0) is 63.6 Å². The smallest absolute Gasteiger partial charge is 0.325 e. The van der Waals surface area contributed by atoms with Crippen LogP contribution in [0.2, 0.25) is 0 Å². The van der Waals surface area contributed by atoms with Crippen molar-refractivity contribution in [2.24, 2.45) is 0 Å². The third-order valence-electron chi connectivity index (χ3n) is 6.72. The van der Waals surface area contributed by atoms with Crippen LogP contribution in [-0.2, 0) is 10.3 Å². The van der Waals surface area contributed by atoms with E-state index in [-0.39, 0.29) is 12.3 Å². The molecule has 0 aliphatic carbocycles. The second-order valence-electron chi connectivity index (χ2n) is 9.18. The van der Waals surface area contributed by atoms with Crippen molar-refractivity contribution in [2.45, 2.75) is 33.2 Å². The van der Waals surface area contributed by atoms with Crippen molar-refractivity contribution in [3.05, 3.63) is 76.6 Å². The van der Waals surface area contributed by atoms with Crippen molar-refractivity contribution in [1.29, 1.82) is 0 Å². The number of hydrogen-bond acceptors (Lipinski definition) is 5. The zero-order valence-corrected chi connectivity index (χ0v) is 20.2. The largest absolute Gasteiger partial charge is 0.486 e. The minimum Gasteiger partial charge on any atom is -0.486 e. The van der Waals surface area contributed by atoms with Gasteiger partial charge in [-0.1, -0.05) is 23.8 Å². The van der Waals surface area contributed by atoms with E-state index >= 15 is 0 Å². The molecule has 3 aromatic rings. The highest BCUT2D eigenvalue weighted by atomic mass is 16.6. The molecule has 180 valence electrons. The molecule has 1 fully saturated rings. The standard InChI is InChI=1S/C27H27N3O5/c1-16-5-8-20(9-6-16)30-17(2)13-21(18(30)3)22(31)15-29-25(32)27(4,28-26(29)33)19-7-10-23-24(14-19)35-12-11-34-23/h5-10,13-14H,11-12,15H2,1-4H3,(H,28,33)/t27-/m0/s1. The van der Waals surface area contributed by atoms with Crippen LogP contribution >= 0.6 is 0 Å². The Morgan fingerprint density at radius 3 is 2.37 bits per heavy atom. The molecule has 2 aromatic carbocycles. The first-order valence-electron chi connectivity index (χ1n) is 11.5. The average Bonchev–Trinajstić information content (AvgIpc) is 3.26. The van der Waals surface area contributed by atoms with Crippen LogP contribution in [0.25, 0.3) is 5.69 Å². The van der Waals surface area contributed by atoms with Crippen LogP contribution in [0.1, 0.15) is 39.8 Å². The molecule has 0 saturated carbocycles. The van der Waals surface area contributed by atoms with E-state index in [0.29, 0.717) is 35.8 Å². The number of nitrogens with zero attached hydrogens (tertiary/aromatic N) is 2.